The molecule has 9 heteroatoms. The summed E-state index contributed by atoms with van der Waals surface area (Å²) < 4.78 is 5.49. The number of thiocarbonyl (C=S) groups is 1. The molecule has 0 aliphatic carbocycles. The molecule has 1 aliphatic rings. The normalized spacial score (nSPS) is 15.1. The summed E-state index contributed by atoms with van der Waals surface area (Å²) in [7, 11) is 1.31. The van der Waals surface area contributed by atoms with Crippen molar-refractivity contribution in [3.05, 3.63) is 74.6 Å². The Morgan fingerprint density at radius 3 is 2.50 bits per heavy atom. The molecule has 2 aromatic carbocycles. The molecule has 0 aromatic heterocycles. The number of methoxy groups -OCH3 is 1. The van der Waals surface area contributed by atoms with E-state index in [9.17, 15) is 14.4 Å². The molecular formula is C19H13BrN2O4S2. The molecule has 0 saturated carbocycles. The molecule has 1 heterocycles. The number of ether oxygens (including phenoxy) is 1. The molecule has 1 N–H and O–H groups in total. The first-order chi connectivity index (χ1) is 13.4. The van der Waals surface area contributed by atoms with Crippen LogP contribution in [0.2, 0.25) is 0 Å². The number of nitrogens with one attached hydrogen (secondary N) is 1. The quantitative estimate of drug-likeness (QED) is 0.411. The predicted octanol–water partition coefficient (Wildman–Crippen LogP) is 3.78. The molecule has 0 radical (unpaired) electrons. The maximum atomic E-state index is 12.6. The predicted molar refractivity (Wildman–Crippen MR) is 114 cm³/mol. The first-order valence-corrected chi connectivity index (χ1v) is 9.94. The van der Waals surface area contributed by atoms with Crippen molar-refractivity contribution in [2.24, 2.45) is 0 Å². The van der Waals surface area contributed by atoms with Crippen molar-refractivity contribution < 1.29 is 19.1 Å². The Morgan fingerprint density at radius 1 is 1.18 bits per heavy atom. The van der Waals surface area contributed by atoms with E-state index >= 15 is 0 Å². The first-order valence-electron chi connectivity index (χ1n) is 7.92. The van der Waals surface area contributed by atoms with E-state index in [1.165, 1.54) is 7.11 Å². The lowest BCUT2D eigenvalue weighted by Gasteiger charge is -2.16. The van der Waals surface area contributed by atoms with Crippen molar-refractivity contribution >= 4 is 68.1 Å². The number of hydrazine groups is 1. The fraction of sp³-hybridized carbons (Fsp3) is 0.0526. The Kier molecular flexibility index (Phi) is 6.28. The van der Waals surface area contributed by atoms with Crippen molar-refractivity contribution in [2.45, 2.75) is 0 Å². The molecule has 1 fully saturated rings. The van der Waals surface area contributed by atoms with E-state index in [1.807, 2.05) is 0 Å². The second-order valence-electron chi connectivity index (χ2n) is 5.55. The molecule has 0 unspecified atom stereocenters. The molecule has 142 valence electrons. The Bertz CT molecular complexity index is 1010. The molecule has 1 saturated heterocycles. The van der Waals surface area contributed by atoms with Crippen LogP contribution in [-0.4, -0.2) is 34.2 Å². The Balaban J connectivity index is 1.76. The minimum absolute atomic E-state index is 0.225. The van der Waals surface area contributed by atoms with Crippen LogP contribution in [0.25, 0.3) is 6.08 Å². The van der Waals surface area contributed by atoms with Gasteiger partial charge in [0.1, 0.15) is 0 Å². The zero-order chi connectivity index (χ0) is 20.3. The lowest BCUT2D eigenvalue weighted by Crippen LogP contribution is -2.44. The van der Waals surface area contributed by atoms with Gasteiger partial charge in [0.25, 0.3) is 11.8 Å². The fourth-order valence-electron chi connectivity index (χ4n) is 2.36. The summed E-state index contributed by atoms with van der Waals surface area (Å²) in [5.74, 6) is -1.31. The summed E-state index contributed by atoms with van der Waals surface area (Å²) in [5, 5.41) is 1.05. The van der Waals surface area contributed by atoms with E-state index < -0.39 is 17.8 Å². The number of esters is 1. The van der Waals surface area contributed by atoms with Crippen LogP contribution in [0.15, 0.2) is 57.9 Å². The molecule has 1 aliphatic heterocycles. The molecule has 2 aromatic rings. The average molecular weight is 477 g/mol. The highest BCUT2D eigenvalue weighted by atomic mass is 79.9. The second kappa shape index (κ2) is 8.68. The molecular weight excluding hydrogens is 464 g/mol. The van der Waals surface area contributed by atoms with Gasteiger partial charge in [-0.05, 0) is 64.1 Å². The SMILES string of the molecule is COC(=O)c1ccc(/C=C2/SC(=S)N(NC(=O)c3ccccc3Br)C2=O)cc1. The third kappa shape index (κ3) is 4.32. The molecule has 6 nitrogen and oxygen atoms in total. The van der Waals surface area contributed by atoms with Gasteiger partial charge >= 0.3 is 5.97 Å². The molecule has 28 heavy (non-hydrogen) atoms. The standard InChI is InChI=1S/C19H13BrN2O4S2/c1-26-18(25)12-8-6-11(7-9-12)10-15-17(24)22(19(27)28-15)21-16(23)13-4-2-3-5-14(13)20/h2-10H,1H3,(H,21,23)/b15-10+. The number of carbonyl (C=O) groups excluding carboxylic acids is 3. The summed E-state index contributed by atoms with van der Waals surface area (Å²) in [6.45, 7) is 0. The second-order valence-corrected chi connectivity index (χ2v) is 8.08. The Labute approximate surface area is 179 Å². The van der Waals surface area contributed by atoms with Crippen LogP contribution < -0.4 is 5.43 Å². The third-order valence-electron chi connectivity index (χ3n) is 3.76. The molecule has 2 amide bonds. The van der Waals surface area contributed by atoms with Crippen molar-refractivity contribution in [3.8, 4) is 0 Å². The van der Waals surface area contributed by atoms with Gasteiger partial charge in [0.15, 0.2) is 4.32 Å². The van der Waals surface area contributed by atoms with Crippen molar-refractivity contribution in [3.63, 3.8) is 0 Å². The van der Waals surface area contributed by atoms with Crippen LogP contribution in [0.5, 0.6) is 0 Å². The highest BCUT2D eigenvalue weighted by Crippen LogP contribution is 2.31. The number of hydrogen-bond donors (Lipinski definition) is 1. The molecule has 0 atom stereocenters. The van der Waals surface area contributed by atoms with Gasteiger partial charge in [-0.15, -0.1) is 0 Å². The summed E-state index contributed by atoms with van der Waals surface area (Å²) >= 11 is 9.61. The smallest absolute Gasteiger partial charge is 0.337 e. The van der Waals surface area contributed by atoms with Gasteiger partial charge in [-0.3, -0.25) is 15.0 Å². The largest absolute Gasteiger partial charge is 0.465 e. The van der Waals surface area contributed by atoms with Gasteiger partial charge in [-0.25, -0.2) is 4.79 Å². The third-order valence-corrected chi connectivity index (χ3v) is 5.75. The molecule has 0 spiro atoms. The van der Waals surface area contributed by atoms with Crippen LogP contribution in [0.3, 0.4) is 0 Å². The van der Waals surface area contributed by atoms with E-state index in [1.54, 1.807) is 54.6 Å². The minimum atomic E-state index is -0.451. The monoisotopic (exact) mass is 476 g/mol. The first kappa shape index (κ1) is 20.2. The highest BCUT2D eigenvalue weighted by molar-refractivity contribution is 9.10. The van der Waals surface area contributed by atoms with Gasteiger partial charge in [-0.1, -0.05) is 36.0 Å². The van der Waals surface area contributed by atoms with Crippen LogP contribution in [0, 0.1) is 0 Å². The number of carbonyl (C=O) groups is 3. The number of nitrogens with zero attached hydrogens (tertiary/aromatic N) is 1. The zero-order valence-corrected chi connectivity index (χ0v) is 17.7. The fourth-order valence-corrected chi connectivity index (χ4v) is 4.00. The van der Waals surface area contributed by atoms with Gasteiger partial charge in [0, 0.05) is 4.47 Å². The molecule has 0 bridgehead atoms. The number of hydrogen-bond acceptors (Lipinski definition) is 6. The van der Waals surface area contributed by atoms with E-state index in [0.29, 0.717) is 26.1 Å². The van der Waals surface area contributed by atoms with E-state index in [-0.39, 0.29) is 4.32 Å². The lowest BCUT2D eigenvalue weighted by molar-refractivity contribution is -0.123. The molecule has 3 rings (SSSR count). The maximum Gasteiger partial charge on any atom is 0.337 e. The highest BCUT2D eigenvalue weighted by Gasteiger charge is 2.34. The lowest BCUT2D eigenvalue weighted by atomic mass is 10.1. The zero-order valence-electron chi connectivity index (χ0n) is 14.5. The summed E-state index contributed by atoms with van der Waals surface area (Å²) in [6.07, 6.45) is 1.64. The van der Waals surface area contributed by atoms with Crippen LogP contribution in [-0.2, 0) is 9.53 Å². The number of halogens is 1. The van der Waals surface area contributed by atoms with Crippen LogP contribution in [0.4, 0.5) is 0 Å². The average Bonchev–Trinajstić information content (AvgIpc) is 2.95. The van der Waals surface area contributed by atoms with Crippen LogP contribution >= 0.6 is 39.9 Å². The Morgan fingerprint density at radius 2 is 1.86 bits per heavy atom. The number of benzene rings is 2. The number of thioether (sulfide) groups is 1. The van der Waals surface area contributed by atoms with Crippen molar-refractivity contribution in [2.75, 3.05) is 7.11 Å². The maximum absolute atomic E-state index is 12.6. The summed E-state index contributed by atoms with van der Waals surface area (Å²) in [5.41, 5.74) is 4.04. The van der Waals surface area contributed by atoms with Crippen LogP contribution in [0.1, 0.15) is 26.3 Å². The van der Waals surface area contributed by atoms with Gasteiger partial charge in [0.2, 0.25) is 0 Å². The van der Waals surface area contributed by atoms with Crippen molar-refractivity contribution in [1.82, 2.24) is 10.4 Å². The topological polar surface area (TPSA) is 75.7 Å². The number of amides is 2. The van der Waals surface area contributed by atoms with Gasteiger partial charge in [-0.2, -0.15) is 5.01 Å². The van der Waals surface area contributed by atoms with E-state index in [0.717, 1.165) is 16.8 Å². The summed E-state index contributed by atoms with van der Waals surface area (Å²) in [6, 6.07) is 13.5. The minimum Gasteiger partial charge on any atom is -0.465 e. The van der Waals surface area contributed by atoms with Gasteiger partial charge < -0.3 is 4.74 Å². The Hall–Kier alpha value is -2.49. The van der Waals surface area contributed by atoms with Crippen molar-refractivity contribution in [1.29, 1.82) is 0 Å². The van der Waals surface area contributed by atoms with Gasteiger partial charge in [0.05, 0.1) is 23.1 Å². The summed E-state index contributed by atoms with van der Waals surface area (Å²) in [4.78, 5) is 36.9. The van der Waals surface area contributed by atoms with E-state index in [4.69, 9.17) is 12.2 Å². The van der Waals surface area contributed by atoms with E-state index in [2.05, 4.69) is 26.1 Å². The number of rotatable bonds is 4.